The van der Waals surface area contributed by atoms with Gasteiger partial charge in [-0.2, -0.15) is 0 Å². The van der Waals surface area contributed by atoms with E-state index in [0.29, 0.717) is 10.1 Å². The van der Waals surface area contributed by atoms with Gasteiger partial charge >= 0.3 is 0 Å². The molecule has 0 aliphatic carbocycles. The highest BCUT2D eigenvalue weighted by Gasteiger charge is 2.30. The molecule has 0 saturated carbocycles. The average Bonchev–Trinajstić information content (AvgIpc) is 3.23. The van der Waals surface area contributed by atoms with Crippen LogP contribution in [0.4, 0.5) is 5.69 Å². The van der Waals surface area contributed by atoms with Gasteiger partial charge in [-0.3, -0.25) is 9.69 Å². The molecule has 1 aliphatic heterocycles. The first kappa shape index (κ1) is 23.9. The van der Waals surface area contributed by atoms with Gasteiger partial charge in [-0.25, -0.2) is 4.99 Å². The summed E-state index contributed by atoms with van der Waals surface area (Å²) in [5.74, 6) is 0.730. The first-order valence-electron chi connectivity index (χ1n) is 11.3. The molecule has 0 spiro atoms. The maximum absolute atomic E-state index is 12.9. The number of amidine groups is 1. The number of carbonyl (C=O) groups excluding carboxylic acids is 1. The number of ether oxygens (including phenoxy) is 1. The minimum atomic E-state index is -0.0448. The molecule has 176 valence electrons. The molecule has 1 amide bonds. The van der Waals surface area contributed by atoms with Crippen LogP contribution < -0.4 is 4.74 Å². The Morgan fingerprint density at radius 2 is 1.65 bits per heavy atom. The molecule has 4 rings (SSSR count). The summed E-state index contributed by atoms with van der Waals surface area (Å²) >= 11 is 1.40. The number of carbonyl (C=O) groups is 1. The summed E-state index contributed by atoms with van der Waals surface area (Å²) in [7, 11) is 3.40. The number of likely N-dealkylation sites (N-methyl/N-ethyl adjacent to an activating group) is 1. The zero-order valence-electron chi connectivity index (χ0n) is 20.8. The predicted octanol–water partition coefficient (Wildman–Crippen LogP) is 6.63. The number of aryl methyl sites for hydroxylation is 1. The van der Waals surface area contributed by atoms with Crippen molar-refractivity contribution in [2.24, 2.45) is 4.99 Å². The lowest BCUT2D eigenvalue weighted by Crippen LogP contribution is -2.23. The van der Waals surface area contributed by atoms with E-state index in [9.17, 15) is 4.79 Å². The predicted molar refractivity (Wildman–Crippen MR) is 142 cm³/mol. The second-order valence-corrected chi connectivity index (χ2v) is 10.5. The second-order valence-electron chi connectivity index (χ2n) is 9.53. The van der Waals surface area contributed by atoms with Gasteiger partial charge in [-0.05, 0) is 90.7 Å². The maximum Gasteiger partial charge on any atom is 0.266 e. The van der Waals surface area contributed by atoms with E-state index in [-0.39, 0.29) is 11.3 Å². The third-order valence-corrected chi connectivity index (χ3v) is 7.11. The zero-order chi connectivity index (χ0) is 24.6. The summed E-state index contributed by atoms with van der Waals surface area (Å²) < 4.78 is 7.44. The Kier molecular flexibility index (Phi) is 6.45. The number of amides is 1. The molecule has 1 saturated heterocycles. The average molecular weight is 474 g/mol. The molecular weight excluding hydrogens is 442 g/mol. The topological polar surface area (TPSA) is 46.8 Å². The van der Waals surface area contributed by atoms with E-state index in [1.54, 1.807) is 19.1 Å². The Bertz CT molecular complexity index is 1280. The first-order valence-corrected chi connectivity index (χ1v) is 12.1. The number of methoxy groups -OCH3 is 1. The van der Waals surface area contributed by atoms with Crippen LogP contribution >= 0.6 is 11.8 Å². The summed E-state index contributed by atoms with van der Waals surface area (Å²) in [6.07, 6.45) is 1.97. The SMILES string of the molecule is COc1ccc(N=C2S/C(=C\c3cc(C)n(-c4ccc(C(C)(C)C)cc4)c3C)C(=O)N2C)cc1. The van der Waals surface area contributed by atoms with Gasteiger partial charge in [0.25, 0.3) is 5.91 Å². The van der Waals surface area contributed by atoms with Gasteiger partial charge in [0.15, 0.2) is 5.17 Å². The number of aromatic nitrogens is 1. The molecule has 0 N–H and O–H groups in total. The van der Waals surface area contributed by atoms with Crippen LogP contribution in [-0.2, 0) is 10.2 Å². The molecule has 1 aliphatic rings. The van der Waals surface area contributed by atoms with Gasteiger partial charge in [0.1, 0.15) is 5.75 Å². The standard InChI is InChI=1S/C28H31N3O2S/c1-18-16-20(19(2)31(18)23-12-8-21(9-13-23)28(3,4)5)17-25-26(32)30(6)27(34-25)29-22-10-14-24(33-7)15-11-22/h8-17H,1-7H3/b25-17-,29-27?. The molecule has 3 aromatic rings. The van der Waals surface area contributed by atoms with E-state index in [0.717, 1.165) is 34.1 Å². The molecule has 0 atom stereocenters. The summed E-state index contributed by atoms with van der Waals surface area (Å²) in [5.41, 5.74) is 6.59. The zero-order valence-corrected chi connectivity index (χ0v) is 21.7. The third kappa shape index (κ3) is 4.68. The molecule has 1 aromatic heterocycles. The Morgan fingerprint density at radius 1 is 1.00 bits per heavy atom. The largest absolute Gasteiger partial charge is 0.497 e. The van der Waals surface area contributed by atoms with Gasteiger partial charge < -0.3 is 9.30 Å². The number of hydrogen-bond donors (Lipinski definition) is 0. The van der Waals surface area contributed by atoms with Crippen LogP contribution in [0.25, 0.3) is 11.8 Å². The van der Waals surface area contributed by atoms with Gasteiger partial charge in [-0.15, -0.1) is 0 Å². The lowest BCUT2D eigenvalue weighted by molar-refractivity contribution is -0.121. The van der Waals surface area contributed by atoms with E-state index >= 15 is 0 Å². The molecule has 0 unspecified atom stereocenters. The van der Waals surface area contributed by atoms with Crippen molar-refractivity contribution in [1.29, 1.82) is 0 Å². The molecule has 2 heterocycles. The Balaban J connectivity index is 1.63. The molecule has 1 fully saturated rings. The maximum atomic E-state index is 12.9. The van der Waals surface area contributed by atoms with Crippen molar-refractivity contribution < 1.29 is 9.53 Å². The smallest absolute Gasteiger partial charge is 0.266 e. The fourth-order valence-electron chi connectivity index (χ4n) is 4.00. The Labute approximate surface area is 206 Å². The molecular formula is C28H31N3O2S. The molecule has 5 nitrogen and oxygen atoms in total. The molecule has 2 aromatic carbocycles. The highest BCUT2D eigenvalue weighted by atomic mass is 32.2. The number of benzene rings is 2. The molecule has 6 heteroatoms. The van der Waals surface area contributed by atoms with Crippen LogP contribution in [0.5, 0.6) is 5.75 Å². The summed E-state index contributed by atoms with van der Waals surface area (Å²) in [4.78, 5) is 19.9. The highest BCUT2D eigenvalue weighted by molar-refractivity contribution is 8.18. The van der Waals surface area contributed by atoms with Crippen molar-refractivity contribution in [2.75, 3.05) is 14.2 Å². The van der Waals surface area contributed by atoms with E-state index < -0.39 is 0 Å². The van der Waals surface area contributed by atoms with Crippen molar-refractivity contribution >= 4 is 34.6 Å². The van der Waals surface area contributed by atoms with Gasteiger partial charge in [0.2, 0.25) is 0 Å². The monoisotopic (exact) mass is 473 g/mol. The van der Waals surface area contributed by atoms with Gasteiger partial charge in [0.05, 0.1) is 17.7 Å². The minimum absolute atomic E-state index is 0.0448. The van der Waals surface area contributed by atoms with E-state index in [4.69, 9.17) is 4.74 Å². The molecule has 0 radical (unpaired) electrons. The van der Waals surface area contributed by atoms with Crippen molar-refractivity contribution in [3.8, 4) is 11.4 Å². The van der Waals surface area contributed by atoms with Crippen LogP contribution in [0.15, 0.2) is 64.5 Å². The summed E-state index contributed by atoms with van der Waals surface area (Å²) in [6.45, 7) is 10.9. The normalized spacial score (nSPS) is 16.7. The van der Waals surface area contributed by atoms with E-state index in [1.807, 2.05) is 30.3 Å². The van der Waals surface area contributed by atoms with Crippen molar-refractivity contribution in [3.63, 3.8) is 0 Å². The fourth-order valence-corrected chi connectivity index (χ4v) is 4.98. The van der Waals surface area contributed by atoms with Crippen LogP contribution in [0.2, 0.25) is 0 Å². The van der Waals surface area contributed by atoms with Crippen LogP contribution in [0.1, 0.15) is 43.3 Å². The van der Waals surface area contributed by atoms with Gasteiger partial charge in [0, 0.05) is 24.1 Å². The lowest BCUT2D eigenvalue weighted by Gasteiger charge is -2.20. The second kappa shape index (κ2) is 9.18. The van der Waals surface area contributed by atoms with E-state index in [2.05, 4.69) is 74.5 Å². The van der Waals surface area contributed by atoms with Crippen molar-refractivity contribution in [2.45, 2.75) is 40.0 Å². The lowest BCUT2D eigenvalue weighted by atomic mass is 9.87. The number of thioether (sulfide) groups is 1. The summed E-state index contributed by atoms with van der Waals surface area (Å²) in [6, 6.07) is 18.3. The fraction of sp³-hybridized carbons (Fsp3) is 0.286. The highest BCUT2D eigenvalue weighted by Crippen LogP contribution is 2.35. The third-order valence-electron chi connectivity index (χ3n) is 6.05. The number of rotatable bonds is 4. The summed E-state index contributed by atoms with van der Waals surface area (Å²) in [5, 5.41) is 0.660. The van der Waals surface area contributed by atoms with Crippen LogP contribution in [-0.4, -0.2) is 34.7 Å². The van der Waals surface area contributed by atoms with Crippen molar-refractivity contribution in [1.82, 2.24) is 9.47 Å². The Morgan fingerprint density at radius 3 is 2.24 bits per heavy atom. The minimum Gasteiger partial charge on any atom is -0.497 e. The number of nitrogens with zero attached hydrogens (tertiary/aromatic N) is 3. The molecule has 34 heavy (non-hydrogen) atoms. The quantitative estimate of drug-likeness (QED) is 0.399. The Hall–Kier alpha value is -3.25. The van der Waals surface area contributed by atoms with Gasteiger partial charge in [-0.1, -0.05) is 32.9 Å². The van der Waals surface area contributed by atoms with E-state index in [1.165, 1.54) is 17.3 Å². The molecule has 0 bridgehead atoms. The number of hydrogen-bond acceptors (Lipinski definition) is 4. The first-order chi connectivity index (χ1) is 16.1. The van der Waals surface area contributed by atoms with Crippen LogP contribution in [0, 0.1) is 13.8 Å². The van der Waals surface area contributed by atoms with Crippen molar-refractivity contribution in [3.05, 3.63) is 82.0 Å². The number of aliphatic imine (C=N–C) groups is 1. The van der Waals surface area contributed by atoms with Crippen LogP contribution in [0.3, 0.4) is 0 Å².